The van der Waals surface area contributed by atoms with E-state index in [4.69, 9.17) is 16.3 Å². The first-order chi connectivity index (χ1) is 12.6. The highest BCUT2D eigenvalue weighted by Gasteiger charge is 2.33. The molecule has 2 aromatic carbocycles. The van der Waals surface area contributed by atoms with Gasteiger partial charge in [0.2, 0.25) is 0 Å². The number of amides is 1. The van der Waals surface area contributed by atoms with E-state index in [2.05, 4.69) is 0 Å². The van der Waals surface area contributed by atoms with Gasteiger partial charge in [0.05, 0.1) is 19.2 Å². The van der Waals surface area contributed by atoms with Crippen molar-refractivity contribution in [1.29, 1.82) is 0 Å². The summed E-state index contributed by atoms with van der Waals surface area (Å²) in [6.07, 6.45) is -1.63. The molecule has 1 aliphatic rings. The van der Waals surface area contributed by atoms with Crippen molar-refractivity contribution in [2.24, 2.45) is 0 Å². The number of benzene rings is 2. The average molecular weight is 396 g/mol. The number of fused-ring (bicyclic) bond motifs is 1. The van der Waals surface area contributed by atoms with Gasteiger partial charge in [-0.2, -0.15) is 0 Å². The molecule has 4 nitrogen and oxygen atoms in total. The molecule has 144 valence electrons. The Morgan fingerprint density at radius 1 is 1.22 bits per heavy atom. The lowest BCUT2D eigenvalue weighted by atomic mass is 9.89. The maximum absolute atomic E-state index is 14.3. The molecule has 1 amide bonds. The molecular formula is C20H20ClF2NO3. The molecule has 1 atom stereocenters. The standard InChI is InChI=1S/C20H20ClF2NO3/c1-20(2,3)27-19(26)24-9-14-12(13-5-4-11(22)8-16(13)23)6-7-15(21)18(14)17(25)10-24/h4-8,17,25H,9-10H2,1-3H3. The molecular weight excluding hydrogens is 376 g/mol. The van der Waals surface area contributed by atoms with Gasteiger partial charge in [0, 0.05) is 22.2 Å². The molecule has 0 saturated carbocycles. The fraction of sp³-hybridized carbons (Fsp3) is 0.350. The molecule has 1 heterocycles. The largest absolute Gasteiger partial charge is 0.444 e. The minimum absolute atomic E-state index is 0.0109. The van der Waals surface area contributed by atoms with E-state index in [1.54, 1.807) is 32.9 Å². The summed E-state index contributed by atoms with van der Waals surface area (Å²) in [6, 6.07) is 6.44. The van der Waals surface area contributed by atoms with Gasteiger partial charge in [-0.3, -0.25) is 0 Å². The van der Waals surface area contributed by atoms with Crippen LogP contribution in [0.1, 0.15) is 38.0 Å². The summed E-state index contributed by atoms with van der Waals surface area (Å²) in [5, 5.41) is 10.9. The van der Waals surface area contributed by atoms with Crippen molar-refractivity contribution in [2.45, 2.75) is 39.0 Å². The van der Waals surface area contributed by atoms with Crippen LogP contribution in [0.2, 0.25) is 5.02 Å². The SMILES string of the molecule is CC(C)(C)OC(=O)N1Cc2c(-c3ccc(F)cc3F)ccc(Cl)c2C(O)C1. The third-order valence-electron chi connectivity index (χ3n) is 4.25. The van der Waals surface area contributed by atoms with Crippen LogP contribution < -0.4 is 0 Å². The van der Waals surface area contributed by atoms with E-state index >= 15 is 0 Å². The number of aliphatic hydroxyl groups excluding tert-OH is 1. The lowest BCUT2D eigenvalue weighted by molar-refractivity contribution is 0.00837. The van der Waals surface area contributed by atoms with E-state index in [1.165, 1.54) is 11.0 Å². The van der Waals surface area contributed by atoms with Crippen molar-refractivity contribution in [3.8, 4) is 11.1 Å². The molecule has 0 spiro atoms. The summed E-state index contributed by atoms with van der Waals surface area (Å²) in [5.41, 5.74) is 0.875. The van der Waals surface area contributed by atoms with Gasteiger partial charge in [-0.1, -0.05) is 17.7 Å². The third-order valence-corrected chi connectivity index (χ3v) is 4.58. The fourth-order valence-corrected chi connectivity index (χ4v) is 3.45. The number of rotatable bonds is 1. The number of hydrogen-bond donors (Lipinski definition) is 1. The van der Waals surface area contributed by atoms with Crippen molar-refractivity contribution in [3.05, 3.63) is 58.1 Å². The van der Waals surface area contributed by atoms with Gasteiger partial charge in [0.15, 0.2) is 0 Å². The van der Waals surface area contributed by atoms with E-state index < -0.39 is 29.4 Å². The maximum atomic E-state index is 14.3. The second kappa shape index (κ2) is 7.09. The first-order valence-electron chi connectivity index (χ1n) is 8.49. The van der Waals surface area contributed by atoms with Gasteiger partial charge >= 0.3 is 6.09 Å². The summed E-state index contributed by atoms with van der Waals surface area (Å²) in [6.45, 7) is 5.34. The monoisotopic (exact) mass is 395 g/mol. The molecule has 0 bridgehead atoms. The van der Waals surface area contributed by atoms with Gasteiger partial charge in [-0.15, -0.1) is 0 Å². The summed E-state index contributed by atoms with van der Waals surface area (Å²) in [5.74, 6) is -1.42. The Morgan fingerprint density at radius 2 is 1.89 bits per heavy atom. The van der Waals surface area contributed by atoms with Crippen LogP contribution in [-0.2, 0) is 11.3 Å². The number of carbonyl (C=O) groups excluding carboxylic acids is 1. The first-order valence-corrected chi connectivity index (χ1v) is 8.87. The molecule has 1 aliphatic heterocycles. The van der Waals surface area contributed by atoms with Gasteiger partial charge in [-0.25, -0.2) is 13.6 Å². The minimum atomic E-state index is -1.04. The number of nitrogens with zero attached hydrogens (tertiary/aromatic N) is 1. The Bertz CT molecular complexity index is 896. The smallest absolute Gasteiger partial charge is 0.410 e. The highest BCUT2D eigenvalue weighted by molar-refractivity contribution is 6.31. The zero-order valence-corrected chi connectivity index (χ0v) is 16.0. The quantitative estimate of drug-likeness (QED) is 0.733. The van der Waals surface area contributed by atoms with Gasteiger partial charge in [0.25, 0.3) is 0 Å². The Morgan fingerprint density at radius 3 is 2.52 bits per heavy atom. The van der Waals surface area contributed by atoms with Crippen LogP contribution in [0.4, 0.5) is 13.6 Å². The molecule has 0 saturated heterocycles. The summed E-state index contributed by atoms with van der Waals surface area (Å²) < 4.78 is 33.0. The fourth-order valence-electron chi connectivity index (χ4n) is 3.15. The van der Waals surface area contributed by atoms with Crippen LogP contribution in [0.3, 0.4) is 0 Å². The molecule has 0 aromatic heterocycles. The number of β-amino-alcohol motifs (C(OH)–C–C–N with tert-alkyl or cyclic N) is 1. The molecule has 1 N–H and O–H groups in total. The van der Waals surface area contributed by atoms with E-state index in [1.807, 2.05) is 0 Å². The molecule has 7 heteroatoms. The van der Waals surface area contributed by atoms with Crippen LogP contribution >= 0.6 is 11.6 Å². The molecule has 0 aliphatic carbocycles. The van der Waals surface area contributed by atoms with Gasteiger partial charge < -0.3 is 14.7 Å². The van der Waals surface area contributed by atoms with Gasteiger partial charge in [0.1, 0.15) is 17.2 Å². The zero-order valence-electron chi connectivity index (χ0n) is 15.2. The minimum Gasteiger partial charge on any atom is -0.444 e. The predicted octanol–water partition coefficient (Wildman–Crippen LogP) is 5.07. The number of halogens is 3. The topological polar surface area (TPSA) is 49.8 Å². The molecule has 27 heavy (non-hydrogen) atoms. The van der Waals surface area contributed by atoms with Crippen LogP contribution in [0, 0.1) is 11.6 Å². The Hall–Kier alpha value is -2.18. The molecule has 0 fully saturated rings. The first kappa shape index (κ1) is 19.6. The van der Waals surface area contributed by atoms with Crippen LogP contribution in [0.15, 0.2) is 30.3 Å². The molecule has 2 aromatic rings. The molecule has 3 rings (SSSR count). The van der Waals surface area contributed by atoms with Crippen molar-refractivity contribution in [3.63, 3.8) is 0 Å². The van der Waals surface area contributed by atoms with E-state index in [9.17, 15) is 18.7 Å². The van der Waals surface area contributed by atoms with E-state index in [-0.39, 0.29) is 18.7 Å². The predicted molar refractivity (Wildman–Crippen MR) is 98.4 cm³/mol. The summed E-state index contributed by atoms with van der Waals surface area (Å²) in [7, 11) is 0. The molecule has 0 radical (unpaired) electrons. The zero-order chi connectivity index (χ0) is 19.9. The van der Waals surface area contributed by atoms with Crippen molar-refractivity contribution < 1.29 is 23.4 Å². The van der Waals surface area contributed by atoms with Crippen molar-refractivity contribution in [1.82, 2.24) is 4.90 Å². The second-order valence-corrected chi connectivity index (χ2v) is 7.90. The number of aliphatic hydroxyl groups is 1. The van der Waals surface area contributed by atoms with Crippen molar-refractivity contribution in [2.75, 3.05) is 6.54 Å². The van der Waals surface area contributed by atoms with Gasteiger partial charge in [-0.05, 0) is 50.1 Å². The third kappa shape index (κ3) is 4.06. The number of carbonyl (C=O) groups is 1. The summed E-state index contributed by atoms with van der Waals surface area (Å²) in [4.78, 5) is 13.8. The highest BCUT2D eigenvalue weighted by Crippen LogP contribution is 2.39. The second-order valence-electron chi connectivity index (χ2n) is 7.49. The maximum Gasteiger partial charge on any atom is 0.410 e. The highest BCUT2D eigenvalue weighted by atomic mass is 35.5. The van der Waals surface area contributed by atoms with Crippen LogP contribution in [-0.4, -0.2) is 28.2 Å². The number of ether oxygens (including phenoxy) is 1. The van der Waals surface area contributed by atoms with Crippen LogP contribution in [0.5, 0.6) is 0 Å². The van der Waals surface area contributed by atoms with E-state index in [0.717, 1.165) is 12.1 Å². The average Bonchev–Trinajstić information content (AvgIpc) is 2.54. The Kier molecular flexibility index (Phi) is 5.14. The normalized spacial score (nSPS) is 16.9. The summed E-state index contributed by atoms with van der Waals surface area (Å²) >= 11 is 6.25. The molecule has 1 unspecified atom stereocenters. The number of hydrogen-bond acceptors (Lipinski definition) is 3. The van der Waals surface area contributed by atoms with Crippen molar-refractivity contribution >= 4 is 17.7 Å². The lowest BCUT2D eigenvalue weighted by Gasteiger charge is -2.35. The van der Waals surface area contributed by atoms with E-state index in [0.29, 0.717) is 21.7 Å². The lowest BCUT2D eigenvalue weighted by Crippen LogP contribution is -2.41. The Balaban J connectivity index is 2.06. The van der Waals surface area contributed by atoms with Crippen LogP contribution in [0.25, 0.3) is 11.1 Å². The Labute approximate surface area is 161 Å².